The van der Waals surface area contributed by atoms with Crippen LogP contribution in [0.15, 0.2) is 23.1 Å². The Bertz CT molecular complexity index is 580. The molecule has 0 radical (unpaired) electrons. The second-order valence-electron chi connectivity index (χ2n) is 5.84. The van der Waals surface area contributed by atoms with Gasteiger partial charge in [0, 0.05) is 12.6 Å². The Morgan fingerprint density at radius 1 is 1.35 bits per heavy atom. The van der Waals surface area contributed by atoms with Crippen LogP contribution in [-0.4, -0.2) is 21.0 Å². The third kappa shape index (κ3) is 3.43. The van der Waals surface area contributed by atoms with E-state index in [9.17, 15) is 8.42 Å². The molecule has 2 rings (SSSR count). The first-order valence-electron chi connectivity index (χ1n) is 6.98. The predicted molar refractivity (Wildman–Crippen MR) is 82.1 cm³/mol. The number of para-hydroxylation sites is 1. The Morgan fingerprint density at radius 3 is 2.50 bits per heavy atom. The highest BCUT2D eigenvalue weighted by atomic mass is 32.2. The van der Waals surface area contributed by atoms with Gasteiger partial charge in [-0.1, -0.05) is 19.9 Å². The van der Waals surface area contributed by atoms with Crippen molar-refractivity contribution < 1.29 is 8.42 Å². The Morgan fingerprint density at radius 2 is 2.00 bits per heavy atom. The van der Waals surface area contributed by atoms with Crippen molar-refractivity contribution in [3.63, 3.8) is 0 Å². The lowest BCUT2D eigenvalue weighted by Gasteiger charge is -2.27. The van der Waals surface area contributed by atoms with Gasteiger partial charge in [0.05, 0.1) is 11.4 Å². The Balaban J connectivity index is 2.34. The van der Waals surface area contributed by atoms with Gasteiger partial charge >= 0.3 is 0 Å². The summed E-state index contributed by atoms with van der Waals surface area (Å²) in [5.74, 6) is 0.596. The molecule has 0 atom stereocenters. The number of sulfonamides is 1. The summed E-state index contributed by atoms with van der Waals surface area (Å²) >= 11 is 0. The van der Waals surface area contributed by atoms with Gasteiger partial charge < -0.3 is 10.6 Å². The third-order valence-corrected chi connectivity index (χ3v) is 4.56. The SMILES string of the molecule is CC(C)CCN(c1cccc(S(N)(=O)=O)c1N)C1CC1. The molecule has 112 valence electrons. The zero-order chi connectivity index (χ0) is 14.9. The molecule has 0 saturated heterocycles. The van der Waals surface area contributed by atoms with Crippen LogP contribution in [0, 0.1) is 5.92 Å². The Kier molecular flexibility index (Phi) is 4.25. The number of nitrogens with zero attached hydrogens (tertiary/aromatic N) is 1. The number of hydrogen-bond acceptors (Lipinski definition) is 4. The summed E-state index contributed by atoms with van der Waals surface area (Å²) in [7, 11) is -3.78. The first kappa shape index (κ1) is 15.1. The molecule has 0 spiro atoms. The maximum absolute atomic E-state index is 11.6. The lowest BCUT2D eigenvalue weighted by molar-refractivity contribution is 0.570. The standard InChI is InChI=1S/C14H23N3O2S/c1-10(2)8-9-17(11-6-7-11)12-4-3-5-13(14(12)15)20(16,18)19/h3-5,10-11H,6-9,15H2,1-2H3,(H2,16,18,19). The van der Waals surface area contributed by atoms with Crippen LogP contribution in [0.25, 0.3) is 0 Å². The summed E-state index contributed by atoms with van der Waals surface area (Å²) in [6.07, 6.45) is 3.32. The van der Waals surface area contributed by atoms with Crippen LogP contribution in [0.1, 0.15) is 33.1 Å². The lowest BCUT2D eigenvalue weighted by Crippen LogP contribution is -2.29. The fraction of sp³-hybridized carbons (Fsp3) is 0.571. The van der Waals surface area contributed by atoms with Crippen LogP contribution in [0.3, 0.4) is 0 Å². The van der Waals surface area contributed by atoms with Gasteiger partial charge in [-0.3, -0.25) is 0 Å². The molecule has 0 aliphatic heterocycles. The molecule has 1 aliphatic rings. The topological polar surface area (TPSA) is 89.4 Å². The van der Waals surface area contributed by atoms with Crippen LogP contribution >= 0.6 is 0 Å². The zero-order valence-corrected chi connectivity index (χ0v) is 12.9. The quantitative estimate of drug-likeness (QED) is 0.785. The van der Waals surface area contributed by atoms with Gasteiger partial charge in [-0.2, -0.15) is 0 Å². The van der Waals surface area contributed by atoms with E-state index in [1.165, 1.54) is 6.07 Å². The van der Waals surface area contributed by atoms with Gasteiger partial charge in [-0.05, 0) is 37.3 Å². The van der Waals surface area contributed by atoms with Crippen molar-refractivity contribution in [1.82, 2.24) is 0 Å². The number of nitrogens with two attached hydrogens (primary N) is 2. The van der Waals surface area contributed by atoms with E-state index in [0.29, 0.717) is 12.0 Å². The minimum atomic E-state index is -3.78. The van der Waals surface area contributed by atoms with Crippen molar-refractivity contribution in [2.24, 2.45) is 11.1 Å². The van der Waals surface area contributed by atoms with Gasteiger partial charge in [-0.15, -0.1) is 0 Å². The number of rotatable bonds is 6. The minimum Gasteiger partial charge on any atom is -0.396 e. The summed E-state index contributed by atoms with van der Waals surface area (Å²) in [5.41, 5.74) is 7.10. The number of hydrogen-bond donors (Lipinski definition) is 2. The van der Waals surface area contributed by atoms with E-state index in [0.717, 1.165) is 31.5 Å². The molecule has 1 saturated carbocycles. The smallest absolute Gasteiger partial charge is 0.240 e. The molecular weight excluding hydrogens is 274 g/mol. The monoisotopic (exact) mass is 297 g/mol. The van der Waals surface area contributed by atoms with E-state index in [1.54, 1.807) is 6.07 Å². The molecule has 0 aromatic heterocycles. The summed E-state index contributed by atoms with van der Waals surface area (Å²) < 4.78 is 23.1. The molecule has 1 aromatic carbocycles. The highest BCUT2D eigenvalue weighted by molar-refractivity contribution is 7.89. The summed E-state index contributed by atoms with van der Waals surface area (Å²) in [6.45, 7) is 5.24. The molecule has 20 heavy (non-hydrogen) atoms. The Hall–Kier alpha value is -1.27. The molecule has 1 fully saturated rings. The highest BCUT2D eigenvalue weighted by Crippen LogP contribution is 2.37. The van der Waals surface area contributed by atoms with Crippen LogP contribution in [0.4, 0.5) is 11.4 Å². The first-order valence-corrected chi connectivity index (χ1v) is 8.53. The normalized spacial score (nSPS) is 15.6. The van der Waals surface area contributed by atoms with Crippen LogP contribution in [0.2, 0.25) is 0 Å². The van der Waals surface area contributed by atoms with Crippen molar-refractivity contribution in [3.05, 3.63) is 18.2 Å². The summed E-state index contributed by atoms with van der Waals surface area (Å²) in [5, 5.41) is 5.21. The molecule has 1 aromatic rings. The summed E-state index contributed by atoms with van der Waals surface area (Å²) in [4.78, 5) is 2.24. The lowest BCUT2D eigenvalue weighted by atomic mass is 10.1. The van der Waals surface area contributed by atoms with E-state index in [1.807, 2.05) is 6.07 Å². The van der Waals surface area contributed by atoms with Gasteiger partial charge in [0.2, 0.25) is 10.0 Å². The van der Waals surface area contributed by atoms with Crippen molar-refractivity contribution in [3.8, 4) is 0 Å². The van der Waals surface area contributed by atoms with E-state index < -0.39 is 10.0 Å². The van der Waals surface area contributed by atoms with E-state index in [-0.39, 0.29) is 10.6 Å². The number of primary sulfonamides is 1. The predicted octanol–water partition coefficient (Wildman–Crippen LogP) is 1.93. The first-order chi connectivity index (χ1) is 9.30. The van der Waals surface area contributed by atoms with E-state index >= 15 is 0 Å². The maximum atomic E-state index is 11.6. The average molecular weight is 297 g/mol. The van der Waals surface area contributed by atoms with Crippen molar-refractivity contribution in [2.45, 2.75) is 44.0 Å². The molecular formula is C14H23N3O2S. The van der Waals surface area contributed by atoms with Crippen LogP contribution in [0.5, 0.6) is 0 Å². The van der Waals surface area contributed by atoms with Gasteiger partial charge in [0.15, 0.2) is 0 Å². The molecule has 0 unspecified atom stereocenters. The number of anilines is 2. The molecule has 1 aliphatic carbocycles. The average Bonchev–Trinajstić information content (AvgIpc) is 3.13. The van der Waals surface area contributed by atoms with E-state index in [4.69, 9.17) is 10.9 Å². The Labute approximate surface area is 121 Å². The van der Waals surface area contributed by atoms with Crippen LogP contribution < -0.4 is 15.8 Å². The minimum absolute atomic E-state index is 0.0187. The number of benzene rings is 1. The van der Waals surface area contributed by atoms with Crippen molar-refractivity contribution in [1.29, 1.82) is 0 Å². The molecule has 0 bridgehead atoms. The van der Waals surface area contributed by atoms with Crippen molar-refractivity contribution in [2.75, 3.05) is 17.2 Å². The van der Waals surface area contributed by atoms with E-state index in [2.05, 4.69) is 18.7 Å². The summed E-state index contributed by atoms with van der Waals surface area (Å²) in [6, 6.07) is 5.52. The highest BCUT2D eigenvalue weighted by Gasteiger charge is 2.31. The van der Waals surface area contributed by atoms with Gasteiger partial charge in [0.1, 0.15) is 4.90 Å². The van der Waals surface area contributed by atoms with Crippen LogP contribution in [-0.2, 0) is 10.0 Å². The fourth-order valence-corrected chi connectivity index (χ4v) is 2.99. The van der Waals surface area contributed by atoms with Crippen molar-refractivity contribution >= 4 is 21.4 Å². The molecule has 6 heteroatoms. The zero-order valence-electron chi connectivity index (χ0n) is 12.0. The number of nitrogen functional groups attached to an aromatic ring is 1. The third-order valence-electron chi connectivity index (χ3n) is 3.59. The molecule has 0 heterocycles. The fourth-order valence-electron chi connectivity index (χ4n) is 2.31. The second-order valence-corrected chi connectivity index (χ2v) is 7.37. The van der Waals surface area contributed by atoms with Gasteiger partial charge in [0.25, 0.3) is 0 Å². The largest absolute Gasteiger partial charge is 0.396 e. The second kappa shape index (κ2) is 5.61. The van der Waals surface area contributed by atoms with Gasteiger partial charge in [-0.25, -0.2) is 13.6 Å². The molecule has 4 N–H and O–H groups in total. The molecule has 0 amide bonds. The maximum Gasteiger partial charge on any atom is 0.240 e. The molecule has 5 nitrogen and oxygen atoms in total.